The van der Waals surface area contributed by atoms with Crippen molar-refractivity contribution in [3.63, 3.8) is 0 Å². The van der Waals surface area contributed by atoms with Crippen molar-refractivity contribution < 1.29 is 9.53 Å². The van der Waals surface area contributed by atoms with Crippen molar-refractivity contribution >= 4 is 16.9 Å². The van der Waals surface area contributed by atoms with Crippen molar-refractivity contribution in [2.24, 2.45) is 5.92 Å². The maximum absolute atomic E-state index is 12.4. The Balaban J connectivity index is 1.44. The molecule has 22 heavy (non-hydrogen) atoms. The molecule has 4 heterocycles. The Hall–Kier alpha value is -1.88. The fourth-order valence-electron chi connectivity index (χ4n) is 3.71. The predicted octanol–water partition coefficient (Wildman–Crippen LogP) is 2.31. The van der Waals surface area contributed by atoms with E-state index in [1.165, 1.54) is 10.9 Å². The number of amides is 1. The summed E-state index contributed by atoms with van der Waals surface area (Å²) in [5.41, 5.74) is 2.30. The number of ether oxygens (including phenoxy) is 1. The number of nitrogens with one attached hydrogen (secondary N) is 1. The van der Waals surface area contributed by atoms with Crippen molar-refractivity contribution in [1.82, 2.24) is 14.9 Å². The van der Waals surface area contributed by atoms with Gasteiger partial charge in [-0.1, -0.05) is 0 Å². The summed E-state index contributed by atoms with van der Waals surface area (Å²) < 4.78 is 5.34. The van der Waals surface area contributed by atoms with E-state index in [1.807, 2.05) is 17.2 Å². The van der Waals surface area contributed by atoms with Crippen LogP contribution in [-0.4, -0.2) is 47.1 Å². The van der Waals surface area contributed by atoms with Crippen LogP contribution in [0.5, 0.6) is 0 Å². The Morgan fingerprint density at radius 2 is 2.18 bits per heavy atom. The molecule has 0 aromatic carbocycles. The largest absolute Gasteiger partial charge is 0.381 e. The average molecular weight is 299 g/mol. The quantitative estimate of drug-likeness (QED) is 0.925. The average Bonchev–Trinajstić information content (AvgIpc) is 3.24. The van der Waals surface area contributed by atoms with Crippen LogP contribution in [0.2, 0.25) is 0 Å². The van der Waals surface area contributed by atoms with Crippen LogP contribution < -0.4 is 0 Å². The molecule has 4 rings (SSSR count). The number of nitrogens with zero attached hydrogens (tertiary/aromatic N) is 2. The molecule has 0 radical (unpaired) electrons. The molecule has 1 amide bonds. The Kier molecular flexibility index (Phi) is 3.58. The highest BCUT2D eigenvalue weighted by Gasteiger charge is 2.31. The van der Waals surface area contributed by atoms with Crippen LogP contribution in [0.3, 0.4) is 0 Å². The number of pyridine rings is 1. The molecule has 1 atom stereocenters. The fourth-order valence-corrected chi connectivity index (χ4v) is 3.71. The molecular formula is C17H21N3O2. The monoisotopic (exact) mass is 299 g/mol. The maximum Gasteiger partial charge on any atom is 0.228 e. The normalized spacial score (nSPS) is 23.3. The van der Waals surface area contributed by atoms with Gasteiger partial charge >= 0.3 is 0 Å². The second-order valence-electron chi connectivity index (χ2n) is 6.30. The van der Waals surface area contributed by atoms with Gasteiger partial charge in [0.15, 0.2) is 0 Å². The molecule has 116 valence electrons. The summed E-state index contributed by atoms with van der Waals surface area (Å²) >= 11 is 0. The number of piperidine rings is 1. The summed E-state index contributed by atoms with van der Waals surface area (Å²) in [6, 6.07) is 4.11. The highest BCUT2D eigenvalue weighted by Crippen LogP contribution is 2.33. The SMILES string of the molecule is O=C(C1CCOC1)N1CCC(c2c[nH]c3ncccc23)CC1. The number of carbonyl (C=O) groups excluding carboxylic acids is 1. The third-order valence-corrected chi connectivity index (χ3v) is 5.01. The van der Waals surface area contributed by atoms with Crippen molar-refractivity contribution in [1.29, 1.82) is 0 Å². The second-order valence-corrected chi connectivity index (χ2v) is 6.30. The van der Waals surface area contributed by atoms with Crippen LogP contribution in [0.25, 0.3) is 11.0 Å². The van der Waals surface area contributed by atoms with Crippen LogP contribution in [-0.2, 0) is 9.53 Å². The molecular weight excluding hydrogens is 278 g/mol. The number of fused-ring (bicyclic) bond motifs is 1. The molecule has 0 saturated carbocycles. The van der Waals surface area contributed by atoms with Crippen molar-refractivity contribution in [3.8, 4) is 0 Å². The molecule has 2 aliphatic heterocycles. The highest BCUT2D eigenvalue weighted by atomic mass is 16.5. The van der Waals surface area contributed by atoms with Gasteiger partial charge < -0.3 is 14.6 Å². The smallest absolute Gasteiger partial charge is 0.228 e. The third kappa shape index (κ3) is 2.39. The fraction of sp³-hybridized carbons (Fsp3) is 0.529. The minimum Gasteiger partial charge on any atom is -0.381 e. The second kappa shape index (κ2) is 5.72. The molecule has 5 heteroatoms. The summed E-state index contributed by atoms with van der Waals surface area (Å²) in [5.74, 6) is 0.896. The lowest BCUT2D eigenvalue weighted by Crippen LogP contribution is -2.41. The first-order valence-electron chi connectivity index (χ1n) is 8.11. The first-order valence-corrected chi connectivity index (χ1v) is 8.11. The standard InChI is InChI=1S/C17H21N3O2/c21-17(13-5-9-22-11-13)20-7-3-12(4-8-20)15-10-19-16-14(15)2-1-6-18-16/h1-2,6,10,12-13H,3-5,7-9,11H2,(H,18,19). The number of hydrogen-bond donors (Lipinski definition) is 1. The van der Waals surface area contributed by atoms with Gasteiger partial charge in [-0.25, -0.2) is 4.98 Å². The Morgan fingerprint density at radius 1 is 1.32 bits per heavy atom. The van der Waals surface area contributed by atoms with E-state index in [1.54, 1.807) is 0 Å². The molecule has 2 aliphatic rings. The molecule has 2 fully saturated rings. The van der Waals surface area contributed by atoms with Gasteiger partial charge in [-0.3, -0.25) is 4.79 Å². The molecule has 1 unspecified atom stereocenters. The molecule has 2 saturated heterocycles. The first-order chi connectivity index (χ1) is 10.8. The zero-order valence-electron chi connectivity index (χ0n) is 12.6. The lowest BCUT2D eigenvalue weighted by atomic mass is 9.89. The predicted molar refractivity (Wildman–Crippen MR) is 83.6 cm³/mol. The number of likely N-dealkylation sites (tertiary alicyclic amines) is 1. The number of carbonyl (C=O) groups is 1. The first kappa shape index (κ1) is 13.8. The Labute approximate surface area is 129 Å². The minimum absolute atomic E-state index is 0.0915. The van der Waals surface area contributed by atoms with Crippen LogP contribution in [0.1, 0.15) is 30.7 Å². The van der Waals surface area contributed by atoms with Gasteiger partial charge in [0.2, 0.25) is 5.91 Å². The molecule has 0 aliphatic carbocycles. The molecule has 2 aromatic heterocycles. The van der Waals surface area contributed by atoms with E-state index >= 15 is 0 Å². The molecule has 0 bridgehead atoms. The Bertz CT molecular complexity index is 667. The number of H-pyrrole nitrogens is 1. The van der Waals surface area contributed by atoms with E-state index in [9.17, 15) is 4.79 Å². The number of rotatable bonds is 2. The molecule has 1 N–H and O–H groups in total. The summed E-state index contributed by atoms with van der Waals surface area (Å²) in [6.07, 6.45) is 6.84. The van der Waals surface area contributed by atoms with E-state index in [0.29, 0.717) is 12.5 Å². The summed E-state index contributed by atoms with van der Waals surface area (Å²) in [6.45, 7) is 3.04. The number of aromatic nitrogens is 2. The maximum atomic E-state index is 12.4. The zero-order chi connectivity index (χ0) is 14.9. The van der Waals surface area contributed by atoms with E-state index in [-0.39, 0.29) is 11.8 Å². The summed E-state index contributed by atoms with van der Waals surface area (Å²) in [4.78, 5) is 22.1. The van der Waals surface area contributed by atoms with Crippen molar-refractivity contribution in [2.45, 2.75) is 25.2 Å². The van der Waals surface area contributed by atoms with Crippen LogP contribution in [0, 0.1) is 5.92 Å². The zero-order valence-corrected chi connectivity index (χ0v) is 12.6. The van der Waals surface area contributed by atoms with Gasteiger partial charge in [0, 0.05) is 37.5 Å². The van der Waals surface area contributed by atoms with Crippen LogP contribution in [0.4, 0.5) is 0 Å². The Morgan fingerprint density at radius 3 is 2.95 bits per heavy atom. The molecule has 0 spiro atoms. The van der Waals surface area contributed by atoms with Gasteiger partial charge in [0.1, 0.15) is 5.65 Å². The summed E-state index contributed by atoms with van der Waals surface area (Å²) in [7, 11) is 0. The van der Waals surface area contributed by atoms with Crippen LogP contribution >= 0.6 is 0 Å². The van der Waals surface area contributed by atoms with Gasteiger partial charge in [-0.2, -0.15) is 0 Å². The van der Waals surface area contributed by atoms with E-state index < -0.39 is 0 Å². The van der Waals surface area contributed by atoms with Gasteiger partial charge in [0.05, 0.1) is 12.5 Å². The van der Waals surface area contributed by atoms with Crippen molar-refractivity contribution in [2.75, 3.05) is 26.3 Å². The summed E-state index contributed by atoms with van der Waals surface area (Å²) in [5, 5.41) is 1.22. The topological polar surface area (TPSA) is 58.2 Å². The van der Waals surface area contributed by atoms with Crippen molar-refractivity contribution in [3.05, 3.63) is 30.1 Å². The van der Waals surface area contributed by atoms with Gasteiger partial charge in [0.25, 0.3) is 0 Å². The lowest BCUT2D eigenvalue weighted by molar-refractivity contribution is -0.136. The number of hydrogen-bond acceptors (Lipinski definition) is 3. The lowest BCUT2D eigenvalue weighted by Gasteiger charge is -2.33. The molecule has 5 nitrogen and oxygen atoms in total. The number of aromatic amines is 1. The minimum atomic E-state index is 0.0915. The van der Waals surface area contributed by atoms with E-state index in [0.717, 1.165) is 44.6 Å². The third-order valence-electron chi connectivity index (χ3n) is 5.01. The van der Waals surface area contributed by atoms with Gasteiger partial charge in [-0.05, 0) is 42.9 Å². The van der Waals surface area contributed by atoms with Gasteiger partial charge in [-0.15, -0.1) is 0 Å². The van der Waals surface area contributed by atoms with E-state index in [2.05, 4.69) is 22.2 Å². The van der Waals surface area contributed by atoms with Crippen LogP contribution in [0.15, 0.2) is 24.5 Å². The molecule has 2 aromatic rings. The van der Waals surface area contributed by atoms with E-state index in [4.69, 9.17) is 4.74 Å². The highest BCUT2D eigenvalue weighted by molar-refractivity contribution is 5.81.